The van der Waals surface area contributed by atoms with Gasteiger partial charge in [-0.2, -0.15) is 0 Å². The standard InChI is InChI=1S/C34H57N2O2/c1-6-7-8-9-10-11-12-13-14-17-29-38-34-21-16-15-20-33(34)31-22-24-32(25-23-31)37-30-19-28-36(4,5)27-18-26-35(2)3/h15-16,20-25H,6-14,17-19,26-30H2,1-5H3/q+1. The monoisotopic (exact) mass is 525 g/mol. The van der Waals surface area contributed by atoms with Crippen LogP contribution in [0.3, 0.4) is 0 Å². The van der Waals surface area contributed by atoms with Crippen molar-refractivity contribution in [3.05, 3.63) is 48.5 Å². The highest BCUT2D eigenvalue weighted by Gasteiger charge is 2.14. The van der Waals surface area contributed by atoms with Gasteiger partial charge >= 0.3 is 0 Å². The molecule has 0 N–H and O–H groups in total. The van der Waals surface area contributed by atoms with Crippen molar-refractivity contribution in [2.24, 2.45) is 0 Å². The van der Waals surface area contributed by atoms with Gasteiger partial charge in [0.1, 0.15) is 11.5 Å². The van der Waals surface area contributed by atoms with Gasteiger partial charge < -0.3 is 18.9 Å². The predicted molar refractivity (Wildman–Crippen MR) is 164 cm³/mol. The first-order valence-electron chi connectivity index (χ1n) is 15.3. The summed E-state index contributed by atoms with van der Waals surface area (Å²) in [4.78, 5) is 2.26. The topological polar surface area (TPSA) is 21.7 Å². The Balaban J connectivity index is 1.68. The maximum Gasteiger partial charge on any atom is 0.127 e. The lowest BCUT2D eigenvalue weighted by molar-refractivity contribution is -0.890. The Morgan fingerprint density at radius 1 is 0.632 bits per heavy atom. The summed E-state index contributed by atoms with van der Waals surface area (Å²) in [5.74, 6) is 1.92. The van der Waals surface area contributed by atoms with Gasteiger partial charge in [0.25, 0.3) is 0 Å². The maximum absolute atomic E-state index is 6.21. The van der Waals surface area contributed by atoms with Crippen LogP contribution in [0.25, 0.3) is 11.1 Å². The van der Waals surface area contributed by atoms with Gasteiger partial charge in [-0.25, -0.2) is 0 Å². The van der Waals surface area contributed by atoms with E-state index in [9.17, 15) is 0 Å². The molecule has 2 aromatic carbocycles. The Morgan fingerprint density at radius 3 is 1.87 bits per heavy atom. The second-order valence-corrected chi connectivity index (χ2v) is 11.8. The summed E-state index contributed by atoms with van der Waals surface area (Å²) in [5, 5.41) is 0. The highest BCUT2D eigenvalue weighted by molar-refractivity contribution is 5.70. The molecule has 0 aliphatic heterocycles. The molecule has 0 aliphatic carbocycles. The third-order valence-corrected chi connectivity index (χ3v) is 7.35. The molecule has 0 saturated carbocycles. The van der Waals surface area contributed by atoms with Crippen LogP contribution in [0.1, 0.15) is 84.0 Å². The average Bonchev–Trinajstić information content (AvgIpc) is 2.90. The molecule has 0 radical (unpaired) electrons. The smallest absolute Gasteiger partial charge is 0.127 e. The van der Waals surface area contributed by atoms with Gasteiger partial charge in [-0.05, 0) is 44.3 Å². The Labute approximate surface area is 234 Å². The first kappa shape index (κ1) is 32.2. The van der Waals surface area contributed by atoms with Crippen LogP contribution in [0, 0.1) is 0 Å². The van der Waals surface area contributed by atoms with Crippen molar-refractivity contribution in [1.82, 2.24) is 4.90 Å². The van der Waals surface area contributed by atoms with E-state index in [2.05, 4.69) is 88.5 Å². The van der Waals surface area contributed by atoms with Gasteiger partial charge in [-0.15, -0.1) is 0 Å². The van der Waals surface area contributed by atoms with E-state index in [1.807, 2.05) is 0 Å². The molecule has 4 heteroatoms. The third-order valence-electron chi connectivity index (χ3n) is 7.35. The predicted octanol–water partition coefficient (Wildman–Crippen LogP) is 8.45. The van der Waals surface area contributed by atoms with Crippen LogP contribution >= 0.6 is 0 Å². The number of hydrogen-bond acceptors (Lipinski definition) is 3. The Kier molecular flexibility index (Phi) is 16.2. The van der Waals surface area contributed by atoms with Crippen molar-refractivity contribution < 1.29 is 14.0 Å². The maximum atomic E-state index is 6.21. The first-order chi connectivity index (χ1) is 18.4. The molecule has 38 heavy (non-hydrogen) atoms. The van der Waals surface area contributed by atoms with Crippen molar-refractivity contribution in [3.63, 3.8) is 0 Å². The molecular weight excluding hydrogens is 468 g/mol. The number of benzene rings is 2. The zero-order valence-electron chi connectivity index (χ0n) is 25.4. The van der Waals surface area contributed by atoms with Crippen LogP contribution in [0.4, 0.5) is 0 Å². The molecule has 0 atom stereocenters. The molecular formula is C34H57N2O2+. The van der Waals surface area contributed by atoms with E-state index in [4.69, 9.17) is 9.47 Å². The summed E-state index contributed by atoms with van der Waals surface area (Å²) >= 11 is 0. The number of ether oxygens (including phenoxy) is 2. The number of quaternary nitrogens is 1. The molecule has 0 bridgehead atoms. The lowest BCUT2D eigenvalue weighted by atomic mass is 10.0. The molecule has 0 saturated heterocycles. The van der Waals surface area contributed by atoms with Crippen molar-refractivity contribution in [1.29, 1.82) is 0 Å². The van der Waals surface area contributed by atoms with Gasteiger partial charge in [0.05, 0.1) is 40.4 Å². The van der Waals surface area contributed by atoms with Crippen LogP contribution in [-0.4, -0.2) is 70.4 Å². The fourth-order valence-corrected chi connectivity index (χ4v) is 4.94. The van der Waals surface area contributed by atoms with Crippen molar-refractivity contribution in [2.75, 3.05) is 61.0 Å². The van der Waals surface area contributed by atoms with Crippen molar-refractivity contribution >= 4 is 0 Å². The van der Waals surface area contributed by atoms with E-state index < -0.39 is 0 Å². The third kappa shape index (κ3) is 14.2. The average molecular weight is 526 g/mol. The Bertz CT molecular complexity index is 848. The van der Waals surface area contributed by atoms with E-state index in [1.165, 1.54) is 76.3 Å². The summed E-state index contributed by atoms with van der Waals surface area (Å²) in [7, 11) is 8.93. The molecule has 2 rings (SSSR count). The van der Waals surface area contributed by atoms with Gasteiger partial charge in [0, 0.05) is 24.9 Å². The molecule has 0 unspecified atom stereocenters. The molecule has 0 spiro atoms. The van der Waals surface area contributed by atoms with Crippen molar-refractivity contribution in [3.8, 4) is 22.6 Å². The zero-order chi connectivity index (χ0) is 27.5. The van der Waals surface area contributed by atoms with Gasteiger partial charge in [0.15, 0.2) is 0 Å². The van der Waals surface area contributed by atoms with E-state index in [-0.39, 0.29) is 0 Å². The van der Waals surface area contributed by atoms with Crippen LogP contribution in [0.15, 0.2) is 48.5 Å². The van der Waals surface area contributed by atoms with Crippen LogP contribution in [-0.2, 0) is 0 Å². The van der Waals surface area contributed by atoms with Crippen LogP contribution in [0.2, 0.25) is 0 Å². The van der Waals surface area contributed by atoms with E-state index in [0.717, 1.165) is 60.7 Å². The summed E-state index contributed by atoms with van der Waals surface area (Å²) in [6, 6.07) is 16.9. The van der Waals surface area contributed by atoms with Crippen LogP contribution in [0.5, 0.6) is 11.5 Å². The highest BCUT2D eigenvalue weighted by Crippen LogP contribution is 2.31. The fraction of sp³-hybridized carbons (Fsp3) is 0.647. The highest BCUT2D eigenvalue weighted by atomic mass is 16.5. The Morgan fingerprint density at radius 2 is 1.21 bits per heavy atom. The van der Waals surface area contributed by atoms with E-state index in [0.29, 0.717) is 0 Å². The lowest BCUT2D eigenvalue weighted by Crippen LogP contribution is -2.42. The van der Waals surface area contributed by atoms with E-state index in [1.54, 1.807) is 0 Å². The molecule has 0 aliphatic rings. The van der Waals surface area contributed by atoms with E-state index >= 15 is 0 Å². The normalized spacial score (nSPS) is 11.7. The second kappa shape index (κ2) is 19.1. The number of para-hydroxylation sites is 1. The zero-order valence-corrected chi connectivity index (χ0v) is 25.4. The molecule has 0 fully saturated rings. The summed E-state index contributed by atoms with van der Waals surface area (Å²) in [6.07, 6.45) is 15.7. The molecule has 0 amide bonds. The number of nitrogens with zero attached hydrogens (tertiary/aromatic N) is 2. The first-order valence-corrected chi connectivity index (χ1v) is 15.3. The molecule has 0 heterocycles. The minimum absolute atomic E-state index is 0.757. The summed E-state index contributed by atoms with van der Waals surface area (Å²) < 4.78 is 13.3. The summed E-state index contributed by atoms with van der Waals surface area (Å²) in [5.41, 5.74) is 2.33. The molecule has 2 aromatic rings. The lowest BCUT2D eigenvalue weighted by Gasteiger charge is -2.30. The minimum atomic E-state index is 0.757. The fourth-order valence-electron chi connectivity index (χ4n) is 4.94. The largest absolute Gasteiger partial charge is 0.493 e. The second-order valence-electron chi connectivity index (χ2n) is 11.8. The molecule has 0 aromatic heterocycles. The van der Waals surface area contributed by atoms with Crippen molar-refractivity contribution in [2.45, 2.75) is 84.0 Å². The molecule has 214 valence electrons. The quantitative estimate of drug-likeness (QED) is 0.114. The van der Waals surface area contributed by atoms with Gasteiger partial charge in [0.2, 0.25) is 0 Å². The van der Waals surface area contributed by atoms with Gasteiger partial charge in [-0.3, -0.25) is 0 Å². The number of hydrogen-bond donors (Lipinski definition) is 0. The number of rotatable bonds is 22. The van der Waals surface area contributed by atoms with Crippen LogP contribution < -0.4 is 9.47 Å². The van der Waals surface area contributed by atoms with Gasteiger partial charge in [-0.1, -0.05) is 95.0 Å². The Hall–Kier alpha value is -2.04. The summed E-state index contributed by atoms with van der Waals surface area (Å²) in [6.45, 7) is 7.32. The minimum Gasteiger partial charge on any atom is -0.493 e. The molecule has 4 nitrogen and oxygen atoms in total. The SMILES string of the molecule is CCCCCCCCCCCCOc1ccccc1-c1ccc(OCCC[N+](C)(C)CCCN(C)C)cc1. The number of unbranched alkanes of at least 4 members (excludes halogenated alkanes) is 9.